The van der Waals surface area contributed by atoms with Gasteiger partial charge in [0.25, 0.3) is 0 Å². The molecule has 0 bridgehead atoms. The number of halogens is 1. The Labute approximate surface area is 135 Å². The van der Waals surface area contributed by atoms with Gasteiger partial charge in [-0.1, -0.05) is 43.7 Å². The highest BCUT2D eigenvalue weighted by molar-refractivity contribution is 6.34. The van der Waals surface area contributed by atoms with Crippen LogP contribution in [0, 0.1) is 5.92 Å². The molecule has 0 amide bonds. The van der Waals surface area contributed by atoms with Gasteiger partial charge in [-0.3, -0.25) is 9.48 Å². The zero-order valence-corrected chi connectivity index (χ0v) is 13.7. The molecule has 22 heavy (non-hydrogen) atoms. The molecule has 0 aliphatic rings. The van der Waals surface area contributed by atoms with Gasteiger partial charge in [-0.05, 0) is 29.7 Å². The maximum Gasteiger partial charge on any atom is 0.207 e. The number of carbonyl (C=O) groups is 1. The second-order valence-electron chi connectivity index (χ2n) is 5.47. The molecular formula is C17H19ClN2O2. The van der Waals surface area contributed by atoms with Crippen molar-refractivity contribution in [1.82, 2.24) is 9.78 Å². The molecule has 4 nitrogen and oxygen atoms in total. The summed E-state index contributed by atoms with van der Waals surface area (Å²) in [6.07, 6.45) is 4.80. The smallest absolute Gasteiger partial charge is 0.207 e. The van der Waals surface area contributed by atoms with Crippen molar-refractivity contribution >= 4 is 23.5 Å². The van der Waals surface area contributed by atoms with Crippen LogP contribution in [0.4, 0.5) is 0 Å². The lowest BCUT2D eigenvalue weighted by molar-refractivity contribution is 0.104. The zero-order chi connectivity index (χ0) is 16.1. The van der Waals surface area contributed by atoms with Gasteiger partial charge in [0.2, 0.25) is 5.78 Å². The second kappa shape index (κ2) is 7.27. The molecule has 0 N–H and O–H groups in total. The van der Waals surface area contributed by atoms with Crippen molar-refractivity contribution < 1.29 is 9.53 Å². The van der Waals surface area contributed by atoms with Crippen LogP contribution < -0.4 is 4.74 Å². The maximum absolute atomic E-state index is 12.1. The fraction of sp³-hybridized carbons (Fsp3) is 0.294. The number of hydrogen-bond donors (Lipinski definition) is 0. The van der Waals surface area contributed by atoms with Crippen LogP contribution >= 0.6 is 11.6 Å². The summed E-state index contributed by atoms with van der Waals surface area (Å²) in [5, 5.41) is 4.40. The average Bonchev–Trinajstić information content (AvgIpc) is 2.82. The van der Waals surface area contributed by atoms with Gasteiger partial charge in [0.15, 0.2) is 5.69 Å². The predicted molar refractivity (Wildman–Crippen MR) is 88.4 cm³/mol. The van der Waals surface area contributed by atoms with E-state index in [1.54, 1.807) is 19.3 Å². The normalized spacial score (nSPS) is 11.3. The van der Waals surface area contributed by atoms with Crippen LogP contribution in [0.25, 0.3) is 6.08 Å². The van der Waals surface area contributed by atoms with Crippen molar-refractivity contribution in [1.29, 1.82) is 0 Å². The number of hydrogen-bond acceptors (Lipinski definition) is 3. The standard InChI is InChI=1S/C17H19ClN2O2/c1-12(2)11-22-14-6-4-5-13(9-14)7-8-16(21)17-15(18)10-20(3)19-17/h4-10,12H,11H2,1-3H3. The second-order valence-corrected chi connectivity index (χ2v) is 5.88. The van der Waals surface area contributed by atoms with Crippen molar-refractivity contribution in [2.45, 2.75) is 13.8 Å². The molecule has 0 aliphatic carbocycles. The van der Waals surface area contributed by atoms with Gasteiger partial charge in [-0.15, -0.1) is 0 Å². The number of ketones is 1. The zero-order valence-electron chi connectivity index (χ0n) is 12.9. The Morgan fingerprint density at radius 1 is 1.45 bits per heavy atom. The summed E-state index contributed by atoms with van der Waals surface area (Å²) in [6, 6.07) is 7.60. The number of aryl methyl sites for hydroxylation is 1. The monoisotopic (exact) mass is 318 g/mol. The lowest BCUT2D eigenvalue weighted by atomic mass is 10.1. The summed E-state index contributed by atoms with van der Waals surface area (Å²) in [7, 11) is 1.72. The first-order chi connectivity index (χ1) is 10.5. The van der Waals surface area contributed by atoms with Gasteiger partial charge >= 0.3 is 0 Å². The minimum absolute atomic E-state index is 0.223. The van der Waals surface area contributed by atoms with Gasteiger partial charge in [0, 0.05) is 13.2 Å². The molecule has 1 aromatic carbocycles. The summed E-state index contributed by atoms with van der Waals surface area (Å²) in [6.45, 7) is 4.85. The summed E-state index contributed by atoms with van der Waals surface area (Å²) in [5.41, 5.74) is 1.15. The third-order valence-corrected chi connectivity index (χ3v) is 3.16. The summed E-state index contributed by atoms with van der Waals surface area (Å²) in [5.74, 6) is 1.03. The Balaban J connectivity index is 2.08. The lowest BCUT2D eigenvalue weighted by Crippen LogP contribution is -2.04. The molecule has 0 radical (unpaired) electrons. The highest BCUT2D eigenvalue weighted by atomic mass is 35.5. The quantitative estimate of drug-likeness (QED) is 0.597. The highest BCUT2D eigenvalue weighted by Crippen LogP contribution is 2.17. The molecule has 0 saturated heterocycles. The topological polar surface area (TPSA) is 44.1 Å². The van der Waals surface area contributed by atoms with Crippen molar-refractivity contribution in [2.24, 2.45) is 13.0 Å². The Morgan fingerprint density at radius 3 is 2.86 bits per heavy atom. The molecule has 5 heteroatoms. The molecule has 0 fully saturated rings. The van der Waals surface area contributed by atoms with Crippen molar-refractivity contribution in [3.8, 4) is 5.75 Å². The van der Waals surface area contributed by atoms with Crippen LogP contribution in [0.3, 0.4) is 0 Å². The van der Waals surface area contributed by atoms with E-state index in [4.69, 9.17) is 16.3 Å². The van der Waals surface area contributed by atoms with E-state index >= 15 is 0 Å². The van der Waals surface area contributed by atoms with Crippen LogP contribution in [0.2, 0.25) is 5.02 Å². The number of ether oxygens (including phenoxy) is 1. The van der Waals surface area contributed by atoms with E-state index in [9.17, 15) is 4.79 Å². The largest absolute Gasteiger partial charge is 0.493 e. The van der Waals surface area contributed by atoms with Gasteiger partial charge in [-0.25, -0.2) is 0 Å². The number of rotatable bonds is 6. The first-order valence-electron chi connectivity index (χ1n) is 7.10. The van der Waals surface area contributed by atoms with E-state index < -0.39 is 0 Å². The Morgan fingerprint density at radius 2 is 2.23 bits per heavy atom. The van der Waals surface area contributed by atoms with Crippen LogP contribution in [0.5, 0.6) is 5.75 Å². The van der Waals surface area contributed by atoms with Crippen LogP contribution in [-0.4, -0.2) is 22.2 Å². The fourth-order valence-electron chi connectivity index (χ4n) is 1.85. The highest BCUT2D eigenvalue weighted by Gasteiger charge is 2.11. The molecule has 116 valence electrons. The first-order valence-corrected chi connectivity index (χ1v) is 7.48. The minimum atomic E-state index is -0.223. The van der Waals surface area contributed by atoms with Gasteiger partial charge in [0.1, 0.15) is 5.75 Å². The Hall–Kier alpha value is -2.07. The molecule has 2 aromatic rings. The average molecular weight is 319 g/mol. The van der Waals surface area contributed by atoms with E-state index in [0.29, 0.717) is 17.5 Å². The van der Waals surface area contributed by atoms with Crippen molar-refractivity contribution in [3.05, 3.63) is 52.8 Å². The lowest BCUT2D eigenvalue weighted by Gasteiger charge is -2.08. The third-order valence-electron chi connectivity index (χ3n) is 2.89. The van der Waals surface area contributed by atoms with E-state index in [2.05, 4.69) is 18.9 Å². The number of aromatic nitrogens is 2. The fourth-order valence-corrected chi connectivity index (χ4v) is 2.12. The van der Waals surface area contributed by atoms with E-state index in [-0.39, 0.29) is 11.5 Å². The van der Waals surface area contributed by atoms with Crippen LogP contribution in [0.15, 0.2) is 36.5 Å². The Kier molecular flexibility index (Phi) is 5.39. The van der Waals surface area contributed by atoms with Gasteiger partial charge < -0.3 is 4.74 Å². The Bertz CT molecular complexity index is 690. The predicted octanol–water partition coefficient (Wildman–Crippen LogP) is 4.00. The van der Waals surface area contributed by atoms with E-state index in [1.165, 1.54) is 10.8 Å². The van der Waals surface area contributed by atoms with Gasteiger partial charge in [-0.2, -0.15) is 5.10 Å². The van der Waals surface area contributed by atoms with E-state index in [1.807, 2.05) is 24.3 Å². The summed E-state index contributed by atoms with van der Waals surface area (Å²) < 4.78 is 7.18. The number of allylic oxidation sites excluding steroid dienone is 1. The molecule has 0 spiro atoms. The van der Waals surface area contributed by atoms with Gasteiger partial charge in [0.05, 0.1) is 11.6 Å². The number of nitrogens with zero attached hydrogens (tertiary/aromatic N) is 2. The van der Waals surface area contributed by atoms with Crippen LogP contribution in [0.1, 0.15) is 29.9 Å². The minimum Gasteiger partial charge on any atom is -0.493 e. The molecule has 0 atom stereocenters. The number of carbonyl (C=O) groups excluding carboxylic acids is 1. The van der Waals surface area contributed by atoms with Crippen molar-refractivity contribution in [3.63, 3.8) is 0 Å². The molecule has 0 saturated carbocycles. The van der Waals surface area contributed by atoms with Crippen molar-refractivity contribution in [2.75, 3.05) is 6.61 Å². The molecule has 1 heterocycles. The van der Waals surface area contributed by atoms with Crippen LogP contribution in [-0.2, 0) is 7.05 Å². The molecule has 0 unspecified atom stereocenters. The van der Waals surface area contributed by atoms with E-state index in [0.717, 1.165) is 11.3 Å². The molecule has 2 rings (SSSR count). The summed E-state index contributed by atoms with van der Waals surface area (Å²) in [4.78, 5) is 12.1. The summed E-state index contributed by atoms with van der Waals surface area (Å²) >= 11 is 5.96. The molecular weight excluding hydrogens is 300 g/mol. The molecule has 1 aromatic heterocycles. The molecule has 0 aliphatic heterocycles. The SMILES string of the molecule is CC(C)COc1cccc(C=CC(=O)c2nn(C)cc2Cl)c1. The maximum atomic E-state index is 12.1. The number of benzene rings is 1. The first kappa shape index (κ1) is 16.3. The third kappa shape index (κ3) is 4.46.